The molecule has 0 bridgehead atoms. The number of rotatable bonds is 4. The molecule has 1 saturated heterocycles. The highest BCUT2D eigenvalue weighted by atomic mass is 35.5. The summed E-state index contributed by atoms with van der Waals surface area (Å²) in [6, 6.07) is 5.84. The number of piperidine rings is 1. The molecule has 0 spiro atoms. The van der Waals surface area contributed by atoms with Crippen molar-refractivity contribution < 1.29 is 13.9 Å². The Hall–Kier alpha value is -2.19. The number of fused-ring (bicyclic) bond motifs is 1. The molecule has 3 heterocycles. The van der Waals surface area contributed by atoms with Crippen LogP contribution in [0.5, 0.6) is 5.75 Å². The highest BCUT2D eigenvalue weighted by Crippen LogP contribution is 2.28. The molecule has 2 aliphatic heterocycles. The van der Waals surface area contributed by atoms with Crippen LogP contribution in [-0.2, 0) is 17.9 Å². The van der Waals surface area contributed by atoms with Gasteiger partial charge in [-0.15, -0.1) is 22.6 Å². The smallest absolute Gasteiger partial charge is 0.260 e. The second-order valence-corrected chi connectivity index (χ2v) is 6.70. The highest BCUT2D eigenvalue weighted by Gasteiger charge is 2.28. The minimum atomic E-state index is -0.373. The van der Waals surface area contributed by atoms with Gasteiger partial charge in [-0.3, -0.25) is 4.79 Å². The molecule has 1 fully saturated rings. The number of carbonyl (C=O) groups excluding carboxylic acids is 1. The Morgan fingerprint density at radius 1 is 1.26 bits per heavy atom. The molecule has 1 aromatic carbocycles. The number of hydrogen-bond donors (Lipinski definition) is 1. The molecule has 0 unspecified atom stereocenters. The van der Waals surface area contributed by atoms with Gasteiger partial charge in [-0.2, -0.15) is 0 Å². The van der Waals surface area contributed by atoms with E-state index in [0.717, 1.165) is 44.1 Å². The fourth-order valence-electron chi connectivity index (χ4n) is 3.60. The second kappa shape index (κ2) is 8.67. The lowest BCUT2D eigenvalue weighted by Gasteiger charge is -2.32. The predicted octanol–water partition coefficient (Wildman–Crippen LogP) is 1.73. The number of benzene rings is 1. The Kier molecular flexibility index (Phi) is 6.28. The molecule has 0 atom stereocenters. The van der Waals surface area contributed by atoms with Crippen LogP contribution in [0.4, 0.5) is 4.39 Å². The average Bonchev–Trinajstić information content (AvgIpc) is 3.10. The van der Waals surface area contributed by atoms with Gasteiger partial charge in [-0.25, -0.2) is 4.39 Å². The van der Waals surface area contributed by atoms with Crippen molar-refractivity contribution in [3.05, 3.63) is 41.7 Å². The average molecular weight is 396 g/mol. The van der Waals surface area contributed by atoms with Gasteiger partial charge in [0.25, 0.3) is 5.91 Å². The van der Waals surface area contributed by atoms with E-state index < -0.39 is 0 Å². The number of carbonyl (C=O) groups is 1. The lowest BCUT2D eigenvalue weighted by molar-refractivity contribution is -0.134. The summed E-state index contributed by atoms with van der Waals surface area (Å²) in [5, 5.41) is 12.0. The molecule has 27 heavy (non-hydrogen) atoms. The summed E-state index contributed by atoms with van der Waals surface area (Å²) >= 11 is 0. The number of aromatic nitrogens is 3. The Morgan fingerprint density at radius 2 is 2.07 bits per heavy atom. The van der Waals surface area contributed by atoms with Gasteiger partial charge in [0.1, 0.15) is 23.2 Å². The normalized spacial score (nSPS) is 17.1. The van der Waals surface area contributed by atoms with Crippen molar-refractivity contribution in [2.75, 3.05) is 26.2 Å². The van der Waals surface area contributed by atoms with E-state index in [4.69, 9.17) is 4.74 Å². The number of amides is 1. The van der Waals surface area contributed by atoms with Gasteiger partial charge in [0.15, 0.2) is 6.61 Å². The standard InChI is InChI=1S/C18H22FN5O2.ClH/c19-14-2-1-3-15(10-14)26-12-17(25)23-7-4-13(5-8-23)18-22-21-16-11-20-6-9-24(16)18;/h1-3,10,13,20H,4-9,11-12H2;1H. The number of nitrogens with one attached hydrogen (secondary N) is 1. The highest BCUT2D eigenvalue weighted by molar-refractivity contribution is 5.85. The van der Waals surface area contributed by atoms with E-state index in [0.29, 0.717) is 24.8 Å². The van der Waals surface area contributed by atoms with Gasteiger partial charge in [-0.1, -0.05) is 6.07 Å². The molecule has 2 aromatic rings. The first-order valence-corrected chi connectivity index (χ1v) is 8.99. The summed E-state index contributed by atoms with van der Waals surface area (Å²) in [7, 11) is 0. The molecule has 0 radical (unpaired) electrons. The van der Waals surface area contributed by atoms with Crippen LogP contribution in [0.2, 0.25) is 0 Å². The number of ether oxygens (including phenoxy) is 1. The van der Waals surface area contributed by atoms with Gasteiger partial charge < -0.3 is 19.5 Å². The fourth-order valence-corrected chi connectivity index (χ4v) is 3.60. The molecule has 1 aromatic heterocycles. The maximum absolute atomic E-state index is 13.2. The zero-order chi connectivity index (χ0) is 17.9. The minimum absolute atomic E-state index is 0. The summed E-state index contributed by atoms with van der Waals surface area (Å²) in [5.41, 5.74) is 0. The number of halogens is 2. The number of likely N-dealkylation sites (tertiary alicyclic amines) is 1. The van der Waals surface area contributed by atoms with Crippen molar-refractivity contribution in [1.29, 1.82) is 0 Å². The summed E-state index contributed by atoms with van der Waals surface area (Å²) in [6.45, 7) is 3.89. The quantitative estimate of drug-likeness (QED) is 0.853. The third-order valence-corrected chi connectivity index (χ3v) is 5.02. The zero-order valence-electron chi connectivity index (χ0n) is 14.9. The van der Waals surface area contributed by atoms with Crippen LogP contribution in [0.1, 0.15) is 30.4 Å². The van der Waals surface area contributed by atoms with Crippen LogP contribution >= 0.6 is 12.4 Å². The molecule has 1 N–H and O–H groups in total. The first-order chi connectivity index (χ1) is 12.7. The third-order valence-electron chi connectivity index (χ3n) is 5.02. The van der Waals surface area contributed by atoms with Crippen LogP contribution in [0.15, 0.2) is 24.3 Å². The van der Waals surface area contributed by atoms with Crippen molar-refractivity contribution in [3.8, 4) is 5.75 Å². The van der Waals surface area contributed by atoms with Gasteiger partial charge in [0.05, 0.1) is 6.54 Å². The summed E-state index contributed by atoms with van der Waals surface area (Å²) in [5.74, 6) is 2.31. The van der Waals surface area contributed by atoms with E-state index in [-0.39, 0.29) is 30.7 Å². The lowest BCUT2D eigenvalue weighted by atomic mass is 9.95. The van der Waals surface area contributed by atoms with Crippen molar-refractivity contribution in [2.24, 2.45) is 0 Å². The molecular weight excluding hydrogens is 373 g/mol. The number of nitrogens with zero attached hydrogens (tertiary/aromatic N) is 4. The van der Waals surface area contributed by atoms with Gasteiger partial charge in [0, 0.05) is 38.2 Å². The molecule has 7 nitrogen and oxygen atoms in total. The Balaban J connectivity index is 0.00000210. The third kappa shape index (κ3) is 4.39. The van der Waals surface area contributed by atoms with Crippen LogP contribution in [0.25, 0.3) is 0 Å². The van der Waals surface area contributed by atoms with E-state index in [1.54, 1.807) is 12.1 Å². The van der Waals surface area contributed by atoms with E-state index in [9.17, 15) is 9.18 Å². The summed E-state index contributed by atoms with van der Waals surface area (Å²) in [6.07, 6.45) is 1.74. The second-order valence-electron chi connectivity index (χ2n) is 6.70. The fraction of sp³-hybridized carbons (Fsp3) is 0.500. The van der Waals surface area contributed by atoms with Crippen molar-refractivity contribution >= 4 is 18.3 Å². The van der Waals surface area contributed by atoms with Crippen LogP contribution in [0.3, 0.4) is 0 Å². The van der Waals surface area contributed by atoms with E-state index in [1.807, 2.05) is 4.90 Å². The van der Waals surface area contributed by atoms with Gasteiger partial charge >= 0.3 is 0 Å². The molecule has 2 aliphatic rings. The molecule has 9 heteroatoms. The maximum atomic E-state index is 13.2. The van der Waals surface area contributed by atoms with E-state index in [1.165, 1.54) is 12.1 Å². The van der Waals surface area contributed by atoms with Crippen molar-refractivity contribution in [1.82, 2.24) is 25.0 Å². The Bertz CT molecular complexity index is 792. The first kappa shape index (κ1) is 19.6. The van der Waals surface area contributed by atoms with Crippen molar-refractivity contribution in [2.45, 2.75) is 31.8 Å². The van der Waals surface area contributed by atoms with Crippen LogP contribution in [0, 0.1) is 5.82 Å². The molecule has 146 valence electrons. The SMILES string of the molecule is Cl.O=C(COc1cccc(F)c1)N1CCC(c2nnc3n2CCNC3)CC1. The Labute approximate surface area is 163 Å². The topological polar surface area (TPSA) is 72.3 Å². The Morgan fingerprint density at radius 3 is 2.85 bits per heavy atom. The zero-order valence-corrected chi connectivity index (χ0v) is 15.8. The maximum Gasteiger partial charge on any atom is 0.260 e. The lowest BCUT2D eigenvalue weighted by Crippen LogP contribution is -2.41. The first-order valence-electron chi connectivity index (χ1n) is 8.99. The molecule has 0 aliphatic carbocycles. The monoisotopic (exact) mass is 395 g/mol. The minimum Gasteiger partial charge on any atom is -0.484 e. The van der Waals surface area contributed by atoms with Crippen LogP contribution < -0.4 is 10.1 Å². The van der Waals surface area contributed by atoms with Gasteiger partial charge in [0.2, 0.25) is 0 Å². The van der Waals surface area contributed by atoms with Crippen molar-refractivity contribution in [3.63, 3.8) is 0 Å². The molecule has 4 rings (SSSR count). The largest absolute Gasteiger partial charge is 0.484 e. The van der Waals surface area contributed by atoms with E-state index >= 15 is 0 Å². The summed E-state index contributed by atoms with van der Waals surface area (Å²) < 4.78 is 20.8. The molecule has 0 saturated carbocycles. The van der Waals surface area contributed by atoms with E-state index in [2.05, 4.69) is 20.1 Å². The molecule has 1 amide bonds. The van der Waals surface area contributed by atoms with Crippen LogP contribution in [-0.4, -0.2) is 51.8 Å². The number of hydrogen-bond acceptors (Lipinski definition) is 5. The predicted molar refractivity (Wildman–Crippen MR) is 99.4 cm³/mol. The van der Waals surface area contributed by atoms with Gasteiger partial charge in [-0.05, 0) is 25.0 Å². The summed E-state index contributed by atoms with van der Waals surface area (Å²) in [4.78, 5) is 14.2. The molecular formula is C18H23ClFN5O2.